The van der Waals surface area contributed by atoms with Gasteiger partial charge in [-0.15, -0.1) is 11.3 Å². The lowest BCUT2D eigenvalue weighted by molar-refractivity contribution is -0.124. The van der Waals surface area contributed by atoms with Crippen LogP contribution in [-0.2, 0) is 28.9 Å². The van der Waals surface area contributed by atoms with Crippen LogP contribution in [0.25, 0.3) is 0 Å². The number of nitrogens with one attached hydrogen (secondary N) is 2. The molecule has 0 saturated heterocycles. The largest absolute Gasteiger partial charge is 0.302 e. The van der Waals surface area contributed by atoms with E-state index in [0.29, 0.717) is 11.6 Å². The van der Waals surface area contributed by atoms with Crippen LogP contribution in [-0.4, -0.2) is 35.9 Å². The van der Waals surface area contributed by atoms with Gasteiger partial charge in [-0.05, 0) is 24.0 Å². The Morgan fingerprint density at radius 2 is 1.79 bits per heavy atom. The zero-order valence-electron chi connectivity index (χ0n) is 14.1. The fourth-order valence-electron chi connectivity index (χ4n) is 2.20. The molecule has 0 saturated carbocycles. The number of thiazole rings is 1. The van der Waals surface area contributed by atoms with Crippen molar-refractivity contribution in [3.05, 3.63) is 46.5 Å². The summed E-state index contributed by atoms with van der Waals surface area (Å²) < 4.78 is 0. The highest BCUT2D eigenvalue weighted by Crippen LogP contribution is 2.17. The first-order valence-electron chi connectivity index (χ1n) is 7.69. The first-order valence-corrected chi connectivity index (χ1v) is 8.57. The Bertz CT molecular complexity index is 695. The van der Waals surface area contributed by atoms with E-state index < -0.39 is 0 Å². The Morgan fingerprint density at radius 3 is 2.42 bits per heavy atom. The summed E-state index contributed by atoms with van der Waals surface area (Å²) in [6, 6.07) is 8.04. The Morgan fingerprint density at radius 1 is 1.12 bits per heavy atom. The van der Waals surface area contributed by atoms with Gasteiger partial charge >= 0.3 is 0 Å². The van der Waals surface area contributed by atoms with E-state index in [1.807, 2.05) is 29.6 Å². The second-order valence-corrected chi connectivity index (χ2v) is 6.61. The summed E-state index contributed by atoms with van der Waals surface area (Å²) in [6.45, 7) is 1.47. The third kappa shape index (κ3) is 6.10. The van der Waals surface area contributed by atoms with Gasteiger partial charge in [0.1, 0.15) is 0 Å². The number of hydrogen-bond donors (Lipinski definition) is 2. The summed E-state index contributed by atoms with van der Waals surface area (Å²) in [4.78, 5) is 27.1. The molecule has 0 spiro atoms. The number of amides is 2. The van der Waals surface area contributed by atoms with Crippen LogP contribution in [0.4, 0.5) is 5.13 Å². The molecule has 0 aliphatic carbocycles. The van der Waals surface area contributed by atoms with Crippen molar-refractivity contribution >= 4 is 28.3 Å². The Labute approximate surface area is 145 Å². The summed E-state index contributed by atoms with van der Waals surface area (Å²) >= 11 is 1.44. The van der Waals surface area contributed by atoms with Gasteiger partial charge in [-0.1, -0.05) is 24.3 Å². The van der Waals surface area contributed by atoms with Crippen molar-refractivity contribution in [1.29, 1.82) is 0 Å². The number of hydrogen-bond acceptors (Lipinski definition) is 5. The number of aryl methyl sites for hydroxylation is 2. The molecule has 2 amide bonds. The van der Waals surface area contributed by atoms with Crippen molar-refractivity contribution in [2.75, 3.05) is 19.4 Å². The molecule has 1 heterocycles. The van der Waals surface area contributed by atoms with Crippen molar-refractivity contribution in [2.45, 2.75) is 26.2 Å². The van der Waals surface area contributed by atoms with Gasteiger partial charge in [0.05, 0.1) is 12.1 Å². The average Bonchev–Trinajstić information content (AvgIpc) is 2.92. The first kappa shape index (κ1) is 18.1. The maximum atomic E-state index is 11.7. The SMILES string of the molecule is CC(=O)Nc1nc(CCc2ccc(CC(=O)NN(C)C)cc2)cs1. The lowest BCUT2D eigenvalue weighted by Gasteiger charge is -2.11. The number of carbonyl (C=O) groups excluding carboxylic acids is 2. The van der Waals surface area contributed by atoms with Gasteiger partial charge in [0.2, 0.25) is 11.8 Å². The minimum atomic E-state index is -0.107. The van der Waals surface area contributed by atoms with E-state index in [9.17, 15) is 9.59 Å². The summed E-state index contributed by atoms with van der Waals surface area (Å²) in [5, 5.41) is 6.93. The van der Waals surface area contributed by atoms with Crippen LogP contribution in [0.2, 0.25) is 0 Å². The molecular weight excluding hydrogens is 324 g/mol. The molecular formula is C17H22N4O2S. The maximum Gasteiger partial charge on any atom is 0.238 e. The highest BCUT2D eigenvalue weighted by molar-refractivity contribution is 7.13. The van der Waals surface area contributed by atoms with Crippen molar-refractivity contribution in [3.8, 4) is 0 Å². The van der Waals surface area contributed by atoms with Crippen LogP contribution < -0.4 is 10.7 Å². The lowest BCUT2D eigenvalue weighted by Crippen LogP contribution is -2.37. The molecule has 0 aliphatic rings. The zero-order chi connectivity index (χ0) is 17.5. The van der Waals surface area contributed by atoms with Crippen LogP contribution in [0.1, 0.15) is 23.7 Å². The van der Waals surface area contributed by atoms with Crippen LogP contribution >= 0.6 is 11.3 Å². The molecule has 2 N–H and O–H groups in total. The zero-order valence-corrected chi connectivity index (χ0v) is 14.9. The van der Waals surface area contributed by atoms with Gasteiger partial charge in [-0.2, -0.15) is 0 Å². The predicted octanol–water partition coefficient (Wildman–Crippen LogP) is 2.02. The molecule has 0 fully saturated rings. The Balaban J connectivity index is 1.84. The number of anilines is 1. The van der Waals surface area contributed by atoms with E-state index in [4.69, 9.17) is 0 Å². The van der Waals surface area contributed by atoms with E-state index in [0.717, 1.165) is 24.1 Å². The molecule has 0 atom stereocenters. The Kier molecular flexibility index (Phi) is 6.45. The van der Waals surface area contributed by atoms with E-state index in [1.54, 1.807) is 19.1 Å². The quantitative estimate of drug-likeness (QED) is 0.752. The van der Waals surface area contributed by atoms with E-state index in [1.165, 1.54) is 23.8 Å². The molecule has 24 heavy (non-hydrogen) atoms. The molecule has 7 heteroatoms. The van der Waals surface area contributed by atoms with E-state index >= 15 is 0 Å². The summed E-state index contributed by atoms with van der Waals surface area (Å²) in [5.41, 5.74) is 5.88. The molecule has 0 radical (unpaired) electrons. The third-order valence-electron chi connectivity index (χ3n) is 3.24. The maximum absolute atomic E-state index is 11.7. The summed E-state index contributed by atoms with van der Waals surface area (Å²) in [5.74, 6) is -0.134. The number of nitrogens with zero attached hydrogens (tertiary/aromatic N) is 2. The molecule has 0 unspecified atom stereocenters. The second-order valence-electron chi connectivity index (χ2n) is 5.75. The van der Waals surface area contributed by atoms with Crippen LogP contribution in [0.5, 0.6) is 0 Å². The average molecular weight is 346 g/mol. The third-order valence-corrected chi connectivity index (χ3v) is 4.05. The highest BCUT2D eigenvalue weighted by Gasteiger charge is 2.06. The first-order chi connectivity index (χ1) is 11.4. The second kappa shape index (κ2) is 8.56. The fourth-order valence-corrected chi connectivity index (χ4v) is 2.99. The molecule has 0 aliphatic heterocycles. The predicted molar refractivity (Wildman–Crippen MR) is 95.8 cm³/mol. The van der Waals surface area contributed by atoms with Gasteiger partial charge in [0, 0.05) is 26.4 Å². The van der Waals surface area contributed by atoms with Gasteiger partial charge in [-0.3, -0.25) is 15.0 Å². The van der Waals surface area contributed by atoms with Crippen molar-refractivity contribution in [2.24, 2.45) is 0 Å². The minimum Gasteiger partial charge on any atom is -0.302 e. The topological polar surface area (TPSA) is 74.3 Å². The van der Waals surface area contributed by atoms with E-state index in [2.05, 4.69) is 15.7 Å². The molecule has 2 rings (SSSR count). The highest BCUT2D eigenvalue weighted by atomic mass is 32.1. The number of benzene rings is 1. The smallest absolute Gasteiger partial charge is 0.238 e. The molecule has 128 valence electrons. The number of aromatic nitrogens is 1. The monoisotopic (exact) mass is 346 g/mol. The molecule has 6 nitrogen and oxygen atoms in total. The van der Waals surface area contributed by atoms with Crippen LogP contribution in [0.3, 0.4) is 0 Å². The van der Waals surface area contributed by atoms with Crippen molar-refractivity contribution in [1.82, 2.24) is 15.4 Å². The minimum absolute atomic E-state index is 0.0271. The standard InChI is InChI=1S/C17H22N4O2S/c1-12(22)18-17-19-15(11-24-17)9-8-13-4-6-14(7-5-13)10-16(23)20-21(2)3/h4-7,11H,8-10H2,1-3H3,(H,20,23)(H,18,19,22). The van der Waals surface area contributed by atoms with Crippen LogP contribution in [0, 0.1) is 0 Å². The van der Waals surface area contributed by atoms with Gasteiger partial charge in [0.25, 0.3) is 0 Å². The van der Waals surface area contributed by atoms with Gasteiger partial charge in [0.15, 0.2) is 5.13 Å². The number of carbonyl (C=O) groups is 2. The summed E-state index contributed by atoms with van der Waals surface area (Å²) in [6.07, 6.45) is 2.05. The molecule has 1 aromatic carbocycles. The van der Waals surface area contributed by atoms with Crippen molar-refractivity contribution in [3.63, 3.8) is 0 Å². The van der Waals surface area contributed by atoms with Crippen molar-refractivity contribution < 1.29 is 9.59 Å². The van der Waals surface area contributed by atoms with Gasteiger partial charge < -0.3 is 5.32 Å². The number of hydrazine groups is 1. The van der Waals surface area contributed by atoms with Crippen LogP contribution in [0.15, 0.2) is 29.6 Å². The molecule has 2 aromatic rings. The molecule has 0 bridgehead atoms. The fraction of sp³-hybridized carbons (Fsp3) is 0.353. The molecule has 1 aromatic heterocycles. The number of rotatable bonds is 7. The van der Waals surface area contributed by atoms with E-state index in [-0.39, 0.29) is 11.8 Å². The summed E-state index contributed by atoms with van der Waals surface area (Å²) in [7, 11) is 3.58. The normalized spacial score (nSPS) is 10.7. The lowest BCUT2D eigenvalue weighted by atomic mass is 10.0. The van der Waals surface area contributed by atoms with Gasteiger partial charge in [-0.25, -0.2) is 9.99 Å². The Hall–Kier alpha value is -2.25.